The molecule has 0 aliphatic heterocycles. The summed E-state index contributed by atoms with van der Waals surface area (Å²) in [6.45, 7) is 4.08. The standard InChI is InChI=1S/C16H30N2O3S/c1-11(2)9-13(14(19)17-3)18-15(20)16(10-22)7-5-12(21-4)6-8-16/h11-13,22H,5-10H2,1-4H3,(H,17,19)(H,18,20)/t12?,13-,16?/m0/s1. The fourth-order valence-corrected chi connectivity index (χ4v) is 3.48. The molecule has 0 radical (unpaired) electrons. The maximum Gasteiger partial charge on any atom is 0.242 e. The lowest BCUT2D eigenvalue weighted by atomic mass is 9.73. The van der Waals surface area contributed by atoms with Gasteiger partial charge in [-0.3, -0.25) is 9.59 Å². The van der Waals surface area contributed by atoms with E-state index in [1.807, 2.05) is 13.8 Å². The second-order valence-corrected chi connectivity index (χ2v) is 6.96. The zero-order valence-corrected chi connectivity index (χ0v) is 15.0. The molecule has 1 fully saturated rings. The molecule has 0 aromatic carbocycles. The molecular formula is C16H30N2O3S. The molecule has 1 atom stereocenters. The van der Waals surface area contributed by atoms with Crippen LogP contribution in [0.15, 0.2) is 0 Å². The van der Waals surface area contributed by atoms with E-state index in [1.54, 1.807) is 14.2 Å². The van der Waals surface area contributed by atoms with E-state index in [1.165, 1.54) is 0 Å². The Bertz CT molecular complexity index is 380. The van der Waals surface area contributed by atoms with Crippen molar-refractivity contribution in [3.05, 3.63) is 0 Å². The molecule has 0 saturated heterocycles. The molecular weight excluding hydrogens is 300 g/mol. The van der Waals surface area contributed by atoms with Gasteiger partial charge in [-0.25, -0.2) is 0 Å². The van der Waals surface area contributed by atoms with Gasteiger partial charge < -0.3 is 15.4 Å². The largest absolute Gasteiger partial charge is 0.381 e. The second-order valence-electron chi connectivity index (χ2n) is 6.64. The number of rotatable bonds is 7. The molecule has 0 unspecified atom stereocenters. The molecule has 1 aliphatic rings. The van der Waals surface area contributed by atoms with Crippen LogP contribution in [-0.2, 0) is 14.3 Å². The minimum absolute atomic E-state index is 0.0497. The van der Waals surface area contributed by atoms with Crippen LogP contribution in [0, 0.1) is 11.3 Å². The van der Waals surface area contributed by atoms with E-state index in [4.69, 9.17) is 4.74 Å². The molecule has 5 nitrogen and oxygen atoms in total. The molecule has 0 aromatic rings. The molecule has 2 N–H and O–H groups in total. The van der Waals surface area contributed by atoms with Crippen molar-refractivity contribution in [2.24, 2.45) is 11.3 Å². The number of thiol groups is 1. The van der Waals surface area contributed by atoms with Crippen molar-refractivity contribution in [1.29, 1.82) is 0 Å². The van der Waals surface area contributed by atoms with Crippen molar-refractivity contribution >= 4 is 24.4 Å². The van der Waals surface area contributed by atoms with E-state index in [9.17, 15) is 9.59 Å². The summed E-state index contributed by atoms with van der Waals surface area (Å²) in [5, 5.41) is 5.59. The monoisotopic (exact) mass is 330 g/mol. The number of carbonyl (C=O) groups excluding carboxylic acids is 2. The van der Waals surface area contributed by atoms with Crippen molar-refractivity contribution in [1.82, 2.24) is 10.6 Å². The summed E-state index contributed by atoms with van der Waals surface area (Å²) >= 11 is 4.41. The maximum absolute atomic E-state index is 12.8. The molecule has 0 heterocycles. The highest BCUT2D eigenvalue weighted by molar-refractivity contribution is 7.80. The zero-order chi connectivity index (χ0) is 16.8. The maximum atomic E-state index is 12.8. The van der Waals surface area contributed by atoms with Crippen LogP contribution in [0.4, 0.5) is 0 Å². The molecule has 1 aliphatic carbocycles. The summed E-state index contributed by atoms with van der Waals surface area (Å²) in [6, 6.07) is -0.477. The van der Waals surface area contributed by atoms with Crippen molar-refractivity contribution in [3.63, 3.8) is 0 Å². The Morgan fingerprint density at radius 1 is 1.32 bits per heavy atom. The second kappa shape index (κ2) is 8.77. The Hall–Kier alpha value is -0.750. The van der Waals surface area contributed by atoms with Gasteiger partial charge in [0.05, 0.1) is 11.5 Å². The minimum atomic E-state index is -0.485. The van der Waals surface area contributed by atoms with E-state index in [0.717, 1.165) is 25.7 Å². The summed E-state index contributed by atoms with van der Waals surface area (Å²) in [5.41, 5.74) is -0.485. The number of hydrogen-bond acceptors (Lipinski definition) is 4. The summed E-state index contributed by atoms with van der Waals surface area (Å²) in [5.74, 6) is 0.643. The highest BCUT2D eigenvalue weighted by Crippen LogP contribution is 2.38. The van der Waals surface area contributed by atoms with Gasteiger partial charge in [0.15, 0.2) is 0 Å². The van der Waals surface area contributed by atoms with Gasteiger partial charge in [-0.2, -0.15) is 12.6 Å². The van der Waals surface area contributed by atoms with E-state index in [2.05, 4.69) is 23.3 Å². The Morgan fingerprint density at radius 3 is 2.32 bits per heavy atom. The lowest BCUT2D eigenvalue weighted by molar-refractivity contribution is -0.137. The first kappa shape index (κ1) is 19.3. The van der Waals surface area contributed by atoms with Crippen molar-refractivity contribution in [3.8, 4) is 0 Å². The predicted octanol–water partition coefficient (Wildman–Crippen LogP) is 1.77. The first-order valence-electron chi connectivity index (χ1n) is 8.04. The molecule has 1 saturated carbocycles. The molecule has 22 heavy (non-hydrogen) atoms. The number of methoxy groups -OCH3 is 1. The third-order valence-electron chi connectivity index (χ3n) is 4.58. The SMILES string of the molecule is CNC(=O)[C@H](CC(C)C)NC(=O)C1(CS)CCC(OC)CC1. The summed E-state index contributed by atoms with van der Waals surface area (Å²) in [4.78, 5) is 24.8. The van der Waals surface area contributed by atoms with E-state index in [-0.39, 0.29) is 17.9 Å². The quantitative estimate of drug-likeness (QED) is 0.623. The van der Waals surface area contributed by atoms with Crippen LogP contribution in [0.5, 0.6) is 0 Å². The van der Waals surface area contributed by atoms with E-state index >= 15 is 0 Å². The van der Waals surface area contributed by atoms with Gasteiger partial charge in [-0.15, -0.1) is 0 Å². The predicted molar refractivity (Wildman–Crippen MR) is 91.0 cm³/mol. The first-order valence-corrected chi connectivity index (χ1v) is 8.68. The highest BCUT2D eigenvalue weighted by Gasteiger charge is 2.42. The number of likely N-dealkylation sites (N-methyl/N-ethyl adjacent to an activating group) is 1. The lowest BCUT2D eigenvalue weighted by Gasteiger charge is -2.38. The number of nitrogens with one attached hydrogen (secondary N) is 2. The van der Waals surface area contributed by atoms with Crippen LogP contribution in [0.2, 0.25) is 0 Å². The van der Waals surface area contributed by atoms with Crippen LogP contribution in [0.3, 0.4) is 0 Å². The van der Waals surface area contributed by atoms with Gasteiger partial charge in [-0.05, 0) is 38.0 Å². The Morgan fingerprint density at radius 2 is 1.91 bits per heavy atom. The van der Waals surface area contributed by atoms with E-state index in [0.29, 0.717) is 18.1 Å². The van der Waals surface area contributed by atoms with Gasteiger partial charge in [0, 0.05) is 19.9 Å². The average molecular weight is 330 g/mol. The van der Waals surface area contributed by atoms with Gasteiger partial charge in [0.1, 0.15) is 6.04 Å². The van der Waals surface area contributed by atoms with Gasteiger partial charge in [0.25, 0.3) is 0 Å². The van der Waals surface area contributed by atoms with Gasteiger partial charge in [0.2, 0.25) is 11.8 Å². The van der Waals surface area contributed by atoms with Crippen LogP contribution < -0.4 is 10.6 Å². The summed E-state index contributed by atoms with van der Waals surface area (Å²) in [6.07, 6.45) is 4.09. The molecule has 6 heteroatoms. The molecule has 1 rings (SSSR count). The van der Waals surface area contributed by atoms with Gasteiger partial charge in [-0.1, -0.05) is 13.8 Å². The minimum Gasteiger partial charge on any atom is -0.381 e. The fourth-order valence-electron chi connectivity index (χ4n) is 3.03. The Kier molecular flexibility index (Phi) is 7.69. The summed E-state index contributed by atoms with van der Waals surface area (Å²) in [7, 11) is 3.31. The molecule has 2 amide bonds. The summed E-state index contributed by atoms with van der Waals surface area (Å²) < 4.78 is 5.38. The molecule has 0 bridgehead atoms. The number of amides is 2. The van der Waals surface area contributed by atoms with Gasteiger partial charge >= 0.3 is 0 Å². The smallest absolute Gasteiger partial charge is 0.242 e. The molecule has 0 spiro atoms. The van der Waals surface area contributed by atoms with Crippen molar-refractivity contribution < 1.29 is 14.3 Å². The third-order valence-corrected chi connectivity index (χ3v) is 5.19. The van der Waals surface area contributed by atoms with Crippen LogP contribution in [-0.4, -0.2) is 43.9 Å². The Balaban J connectivity index is 2.76. The number of hydrogen-bond donors (Lipinski definition) is 3. The number of ether oxygens (including phenoxy) is 1. The molecule has 128 valence electrons. The van der Waals surface area contributed by atoms with Crippen LogP contribution in [0.25, 0.3) is 0 Å². The third kappa shape index (κ3) is 4.88. The van der Waals surface area contributed by atoms with Crippen LogP contribution >= 0.6 is 12.6 Å². The topological polar surface area (TPSA) is 67.4 Å². The highest BCUT2D eigenvalue weighted by atomic mass is 32.1. The number of carbonyl (C=O) groups is 2. The van der Waals surface area contributed by atoms with E-state index < -0.39 is 11.5 Å². The average Bonchev–Trinajstić information content (AvgIpc) is 2.52. The van der Waals surface area contributed by atoms with Crippen molar-refractivity contribution in [2.75, 3.05) is 19.9 Å². The lowest BCUT2D eigenvalue weighted by Crippen LogP contribution is -2.53. The van der Waals surface area contributed by atoms with Crippen LogP contribution in [0.1, 0.15) is 46.0 Å². The zero-order valence-electron chi connectivity index (χ0n) is 14.1. The first-order chi connectivity index (χ1) is 10.4. The molecule has 0 aromatic heterocycles. The van der Waals surface area contributed by atoms with Crippen molar-refractivity contribution in [2.45, 2.75) is 58.1 Å². The Labute approximate surface area is 139 Å². The normalized spacial score (nSPS) is 26.5. The fraction of sp³-hybridized carbons (Fsp3) is 0.875.